The third kappa shape index (κ3) is 4.29. The molecule has 0 bridgehead atoms. The molecule has 3 aliphatic rings. The maximum Gasteiger partial charge on any atom is 0.161 e. The zero-order valence-corrected chi connectivity index (χ0v) is 16.7. The monoisotopic (exact) mass is 378 g/mol. The lowest BCUT2D eigenvalue weighted by Crippen LogP contribution is -2.34. The van der Waals surface area contributed by atoms with Crippen LogP contribution in [-0.2, 0) is 22.3 Å². The first-order chi connectivity index (χ1) is 13.2. The van der Waals surface area contributed by atoms with E-state index >= 15 is 0 Å². The summed E-state index contributed by atoms with van der Waals surface area (Å²) in [5, 5.41) is 2.26. The number of benzene rings is 1. The minimum atomic E-state index is -0.0681. The highest BCUT2D eigenvalue weighted by atomic mass is 32.1. The second-order valence-electron chi connectivity index (χ2n) is 8.54. The van der Waals surface area contributed by atoms with E-state index in [0.717, 1.165) is 31.6 Å². The largest absolute Gasteiger partial charge is 0.352 e. The molecule has 27 heavy (non-hydrogen) atoms. The average molecular weight is 379 g/mol. The predicted octanol–water partition coefficient (Wildman–Crippen LogP) is 5.10. The van der Waals surface area contributed by atoms with Crippen molar-refractivity contribution in [2.75, 3.05) is 13.2 Å². The van der Waals surface area contributed by atoms with Crippen LogP contribution in [0.3, 0.4) is 0 Å². The van der Waals surface area contributed by atoms with E-state index in [1.54, 1.807) is 0 Å². The molecule has 1 spiro atoms. The Kier molecular flexibility index (Phi) is 4.60. The summed E-state index contributed by atoms with van der Waals surface area (Å²) in [6.07, 6.45) is 6.86. The van der Waals surface area contributed by atoms with E-state index in [2.05, 4.69) is 48.4 Å². The summed E-state index contributed by atoms with van der Waals surface area (Å²) in [6.45, 7) is 3.95. The van der Waals surface area contributed by atoms with Crippen LogP contribution in [0.1, 0.15) is 52.8 Å². The number of rotatable bonds is 4. The first-order valence-corrected chi connectivity index (χ1v) is 11.0. The Labute approximate surface area is 165 Å². The average Bonchev–Trinajstić information content (AvgIpc) is 3.60. The van der Waals surface area contributed by atoms with E-state index in [9.17, 15) is 0 Å². The van der Waals surface area contributed by atoms with Gasteiger partial charge in [-0.3, -0.25) is 0 Å². The molecule has 0 radical (unpaired) electrons. The molecule has 2 nitrogen and oxygen atoms in total. The van der Waals surface area contributed by atoms with Crippen LogP contribution in [-0.4, -0.2) is 19.5 Å². The maximum atomic E-state index is 5.94. The van der Waals surface area contributed by atoms with Crippen LogP contribution in [0.4, 0.5) is 0 Å². The minimum absolute atomic E-state index is 0.0681. The van der Waals surface area contributed by atoms with Gasteiger partial charge >= 0.3 is 0 Å². The molecule has 2 aliphatic carbocycles. The SMILES string of the molecule is Cc1ccc(C#CC2CC2)cc1Cc1cc(CC2OCC3(CC3)CO2)cs1. The van der Waals surface area contributed by atoms with Gasteiger partial charge in [-0.2, -0.15) is 0 Å². The molecular weight excluding hydrogens is 352 g/mol. The highest BCUT2D eigenvalue weighted by molar-refractivity contribution is 7.10. The molecule has 5 rings (SSSR count). The second-order valence-corrected chi connectivity index (χ2v) is 9.53. The smallest absolute Gasteiger partial charge is 0.161 e. The first kappa shape index (κ1) is 17.5. The van der Waals surface area contributed by atoms with Crippen molar-refractivity contribution in [2.45, 2.75) is 51.7 Å². The van der Waals surface area contributed by atoms with Crippen LogP contribution in [0.2, 0.25) is 0 Å². The zero-order chi connectivity index (χ0) is 18.3. The molecule has 1 saturated heterocycles. The lowest BCUT2D eigenvalue weighted by molar-refractivity contribution is -0.206. The summed E-state index contributed by atoms with van der Waals surface area (Å²) in [5.41, 5.74) is 5.58. The lowest BCUT2D eigenvalue weighted by atomic mass is 10.0. The molecule has 2 heterocycles. The van der Waals surface area contributed by atoms with Crippen LogP contribution in [0.15, 0.2) is 29.6 Å². The Morgan fingerprint density at radius 2 is 1.96 bits per heavy atom. The molecule has 0 atom stereocenters. The zero-order valence-electron chi connectivity index (χ0n) is 15.9. The summed E-state index contributed by atoms with van der Waals surface area (Å²) >= 11 is 1.84. The first-order valence-electron chi connectivity index (χ1n) is 10.1. The fourth-order valence-electron chi connectivity index (χ4n) is 3.57. The van der Waals surface area contributed by atoms with E-state index in [1.165, 1.54) is 47.3 Å². The van der Waals surface area contributed by atoms with Gasteiger partial charge < -0.3 is 9.47 Å². The topological polar surface area (TPSA) is 18.5 Å². The number of thiophene rings is 1. The summed E-state index contributed by atoms with van der Waals surface area (Å²) in [4.78, 5) is 1.40. The van der Waals surface area contributed by atoms with E-state index in [0.29, 0.717) is 11.3 Å². The van der Waals surface area contributed by atoms with Crippen LogP contribution >= 0.6 is 11.3 Å². The molecule has 3 fully saturated rings. The van der Waals surface area contributed by atoms with Crippen molar-refractivity contribution in [3.8, 4) is 11.8 Å². The molecule has 1 aromatic carbocycles. The number of hydrogen-bond acceptors (Lipinski definition) is 3. The van der Waals surface area contributed by atoms with Gasteiger partial charge in [0.05, 0.1) is 13.2 Å². The molecule has 2 saturated carbocycles. The molecule has 0 amide bonds. The summed E-state index contributed by atoms with van der Waals surface area (Å²) in [6, 6.07) is 8.95. The quantitative estimate of drug-likeness (QED) is 0.689. The van der Waals surface area contributed by atoms with E-state index in [1.807, 2.05) is 11.3 Å². The van der Waals surface area contributed by atoms with Crippen molar-refractivity contribution in [1.29, 1.82) is 0 Å². The molecule has 140 valence electrons. The van der Waals surface area contributed by atoms with Crippen LogP contribution in [0.5, 0.6) is 0 Å². The van der Waals surface area contributed by atoms with Crippen molar-refractivity contribution in [3.05, 3.63) is 56.8 Å². The van der Waals surface area contributed by atoms with Gasteiger partial charge in [0.2, 0.25) is 0 Å². The lowest BCUT2D eigenvalue weighted by Gasteiger charge is -2.29. The number of hydrogen-bond donors (Lipinski definition) is 0. The van der Waals surface area contributed by atoms with Crippen molar-refractivity contribution >= 4 is 11.3 Å². The molecule has 3 heteroatoms. The van der Waals surface area contributed by atoms with Gasteiger partial charge in [-0.1, -0.05) is 17.9 Å². The van der Waals surface area contributed by atoms with Gasteiger partial charge in [0.15, 0.2) is 6.29 Å². The molecular formula is C24H26O2S. The van der Waals surface area contributed by atoms with Gasteiger partial charge in [-0.05, 0) is 72.9 Å². The van der Waals surface area contributed by atoms with E-state index in [4.69, 9.17) is 9.47 Å². The Morgan fingerprint density at radius 1 is 1.15 bits per heavy atom. The van der Waals surface area contributed by atoms with Crippen molar-refractivity contribution in [1.82, 2.24) is 0 Å². The van der Waals surface area contributed by atoms with Crippen molar-refractivity contribution in [3.63, 3.8) is 0 Å². The number of ether oxygens (including phenoxy) is 2. The fourth-order valence-corrected chi connectivity index (χ4v) is 4.50. The van der Waals surface area contributed by atoms with Crippen LogP contribution < -0.4 is 0 Å². The maximum absolute atomic E-state index is 5.94. The molecule has 1 aliphatic heterocycles. The predicted molar refractivity (Wildman–Crippen MR) is 109 cm³/mol. The third-order valence-corrected chi connectivity index (χ3v) is 6.92. The normalized spacial score (nSPS) is 21.1. The third-order valence-electron chi connectivity index (χ3n) is 5.93. The highest BCUT2D eigenvalue weighted by Gasteiger charge is 2.46. The van der Waals surface area contributed by atoms with Crippen molar-refractivity contribution in [2.24, 2.45) is 11.3 Å². The Bertz CT molecular complexity index is 883. The summed E-state index contributed by atoms with van der Waals surface area (Å²) in [7, 11) is 0. The fraction of sp³-hybridized carbons (Fsp3) is 0.500. The second kappa shape index (κ2) is 7.09. The minimum Gasteiger partial charge on any atom is -0.352 e. The molecule has 2 aromatic rings. The van der Waals surface area contributed by atoms with Crippen LogP contribution in [0.25, 0.3) is 0 Å². The van der Waals surface area contributed by atoms with Gasteiger partial charge in [0, 0.05) is 34.6 Å². The molecule has 1 aromatic heterocycles. The van der Waals surface area contributed by atoms with Gasteiger partial charge in [-0.15, -0.1) is 11.3 Å². The molecule has 0 unspecified atom stereocenters. The van der Waals surface area contributed by atoms with E-state index < -0.39 is 0 Å². The van der Waals surface area contributed by atoms with E-state index in [-0.39, 0.29) is 6.29 Å². The number of aryl methyl sites for hydroxylation is 1. The molecule has 0 N–H and O–H groups in total. The Morgan fingerprint density at radius 3 is 2.70 bits per heavy atom. The summed E-state index contributed by atoms with van der Waals surface area (Å²) < 4.78 is 11.9. The highest BCUT2D eigenvalue weighted by Crippen LogP contribution is 2.48. The van der Waals surface area contributed by atoms with Crippen LogP contribution in [0, 0.1) is 30.1 Å². The Hall–Kier alpha value is -1.60. The van der Waals surface area contributed by atoms with Gasteiger partial charge in [-0.25, -0.2) is 0 Å². The Balaban J connectivity index is 1.22. The van der Waals surface area contributed by atoms with Crippen molar-refractivity contribution < 1.29 is 9.47 Å². The van der Waals surface area contributed by atoms with Gasteiger partial charge in [0.1, 0.15) is 0 Å². The standard InChI is InChI=1S/C24H26O2S/c1-17-2-3-19(7-6-18-4-5-18)10-21(17)13-22-11-20(14-27-22)12-23-25-15-24(8-9-24)16-26-23/h2-3,10-11,14,18,23H,4-5,8-9,12-13,15-16H2,1H3. The van der Waals surface area contributed by atoms with Gasteiger partial charge in [0.25, 0.3) is 0 Å². The summed E-state index contributed by atoms with van der Waals surface area (Å²) in [5.74, 6) is 7.37.